The molecule has 11 aromatic rings. The van der Waals surface area contributed by atoms with Crippen molar-refractivity contribution >= 4 is 72.6 Å². The van der Waals surface area contributed by atoms with Gasteiger partial charge in [-0.2, -0.15) is 0 Å². The molecule has 67 heavy (non-hydrogen) atoms. The number of anilines is 2. The van der Waals surface area contributed by atoms with Gasteiger partial charge in [0.2, 0.25) is 0 Å². The summed E-state index contributed by atoms with van der Waals surface area (Å²) >= 11 is 0. The Labute approximate surface area is 389 Å². The van der Waals surface area contributed by atoms with Crippen LogP contribution in [-0.4, -0.2) is 20.7 Å². The number of aliphatic imine (C=N–C) groups is 2. The van der Waals surface area contributed by atoms with Crippen LogP contribution in [0.3, 0.4) is 0 Å². The van der Waals surface area contributed by atoms with Crippen molar-refractivity contribution in [3.63, 3.8) is 0 Å². The first-order valence-electron chi connectivity index (χ1n) is 23.1. The minimum Gasteiger partial charge on any atom is -0.355 e. The molecule has 3 heterocycles. The molecule has 1 fully saturated rings. The van der Waals surface area contributed by atoms with Crippen LogP contribution < -0.4 is 5.32 Å². The molecule has 9 aromatic carbocycles. The second-order valence-electron chi connectivity index (χ2n) is 18.0. The first-order chi connectivity index (χ1) is 33.0. The highest BCUT2D eigenvalue weighted by molar-refractivity contribution is 6.18. The van der Waals surface area contributed by atoms with Gasteiger partial charge < -0.3 is 14.5 Å². The Balaban J connectivity index is 0.973. The molecule has 1 aliphatic carbocycles. The fourth-order valence-electron chi connectivity index (χ4n) is 10.8. The molecule has 318 valence electrons. The quantitative estimate of drug-likeness (QED) is 0.154. The second kappa shape index (κ2) is 15.3. The number of rotatable bonds is 9. The van der Waals surface area contributed by atoms with Crippen molar-refractivity contribution < 1.29 is 0 Å². The molecule has 0 saturated heterocycles. The van der Waals surface area contributed by atoms with Crippen molar-refractivity contribution in [3.05, 3.63) is 247 Å². The molecular formula is C62H45N5. The highest BCUT2D eigenvalue weighted by atomic mass is 15.1. The molecule has 2 unspecified atom stereocenters. The van der Waals surface area contributed by atoms with Gasteiger partial charge in [-0.15, -0.1) is 0 Å². The summed E-state index contributed by atoms with van der Waals surface area (Å²) in [6.45, 7) is 6.45. The van der Waals surface area contributed by atoms with E-state index in [9.17, 15) is 0 Å². The lowest BCUT2D eigenvalue weighted by Crippen LogP contribution is -2.23. The normalized spacial score (nSPS) is 16.5. The predicted molar refractivity (Wildman–Crippen MR) is 281 cm³/mol. The van der Waals surface area contributed by atoms with E-state index in [1.807, 2.05) is 6.08 Å². The number of amidine groups is 1. The number of fused-ring (bicyclic) bond motifs is 7. The number of nitrogens with one attached hydrogen (secondary N) is 1. The van der Waals surface area contributed by atoms with E-state index in [0.717, 1.165) is 63.0 Å². The summed E-state index contributed by atoms with van der Waals surface area (Å²) in [6.07, 6.45) is 2.80. The van der Waals surface area contributed by atoms with E-state index in [1.165, 1.54) is 60.3 Å². The highest BCUT2D eigenvalue weighted by Gasteiger charge is 2.60. The van der Waals surface area contributed by atoms with Gasteiger partial charge in [-0.05, 0) is 114 Å². The molecule has 2 aromatic heterocycles. The average Bonchev–Trinajstić information content (AvgIpc) is 3.92. The van der Waals surface area contributed by atoms with Gasteiger partial charge in [-0.3, -0.25) is 4.99 Å². The van der Waals surface area contributed by atoms with E-state index in [-0.39, 0.29) is 5.92 Å². The average molecular weight is 860 g/mol. The fraction of sp³-hybridized carbons (Fsp3) is 0.0645. The largest absolute Gasteiger partial charge is 0.355 e. The Hall–Kier alpha value is -8.54. The molecule has 0 amide bonds. The van der Waals surface area contributed by atoms with Gasteiger partial charge in [0.25, 0.3) is 0 Å². The molecule has 1 saturated carbocycles. The first kappa shape index (κ1) is 38.9. The van der Waals surface area contributed by atoms with E-state index >= 15 is 0 Å². The third kappa shape index (κ3) is 6.30. The zero-order valence-corrected chi connectivity index (χ0v) is 37.1. The Morgan fingerprint density at radius 3 is 1.78 bits per heavy atom. The van der Waals surface area contributed by atoms with Crippen LogP contribution >= 0.6 is 0 Å². The summed E-state index contributed by atoms with van der Waals surface area (Å²) in [6, 6.07) is 76.3. The predicted octanol–water partition coefficient (Wildman–Crippen LogP) is 15.4. The molecule has 1 N–H and O–H groups in total. The smallest absolute Gasteiger partial charge is 0.155 e. The molecule has 13 rings (SSSR count). The van der Waals surface area contributed by atoms with Gasteiger partial charge in [0.15, 0.2) is 5.84 Å². The summed E-state index contributed by atoms with van der Waals surface area (Å²) in [4.78, 5) is 11.3. The number of aryl methyl sites for hydroxylation is 1. The van der Waals surface area contributed by atoms with Crippen LogP contribution in [0.25, 0.3) is 72.2 Å². The van der Waals surface area contributed by atoms with Gasteiger partial charge in [0.05, 0.1) is 33.3 Å². The molecule has 5 nitrogen and oxygen atoms in total. The monoisotopic (exact) mass is 859 g/mol. The lowest BCUT2D eigenvalue weighted by atomic mass is 9.94. The summed E-state index contributed by atoms with van der Waals surface area (Å²) < 4.78 is 4.79. The summed E-state index contributed by atoms with van der Waals surface area (Å²) in [5.41, 5.74) is 17.3. The molecular weight excluding hydrogens is 815 g/mol. The van der Waals surface area contributed by atoms with Crippen LogP contribution in [0.15, 0.2) is 229 Å². The van der Waals surface area contributed by atoms with Crippen molar-refractivity contribution in [1.29, 1.82) is 0 Å². The maximum absolute atomic E-state index is 5.74. The number of benzene rings is 9. The van der Waals surface area contributed by atoms with Gasteiger partial charge in [0.1, 0.15) is 0 Å². The van der Waals surface area contributed by atoms with E-state index in [0.29, 0.717) is 0 Å². The Kier molecular flexibility index (Phi) is 8.87. The summed E-state index contributed by atoms with van der Waals surface area (Å²) in [7, 11) is 0. The van der Waals surface area contributed by atoms with Crippen LogP contribution in [0, 0.1) is 12.8 Å². The Bertz CT molecular complexity index is 3770. The van der Waals surface area contributed by atoms with Crippen molar-refractivity contribution in [2.45, 2.75) is 18.9 Å². The third-order valence-corrected chi connectivity index (χ3v) is 14.0. The van der Waals surface area contributed by atoms with Gasteiger partial charge in [-0.1, -0.05) is 152 Å². The SMILES string of the molecule is C=Cc1cc(C2=NC(c3cccc(Nc4ccccc4-c4ccccc4C)c3)=NC3(c4cccc(-n5c6ccccc6c6ccccc65)c4)CC23)cc(-n2c3ccccc3c3ccccc32)c1. The van der Waals surface area contributed by atoms with E-state index in [1.54, 1.807) is 0 Å². The first-order valence-corrected chi connectivity index (χ1v) is 23.1. The number of hydrogen-bond acceptors (Lipinski definition) is 3. The fourth-order valence-corrected chi connectivity index (χ4v) is 10.8. The molecule has 5 heteroatoms. The summed E-state index contributed by atoms with van der Waals surface area (Å²) in [5, 5.41) is 8.73. The van der Waals surface area contributed by atoms with Crippen LogP contribution in [0.4, 0.5) is 11.4 Å². The Morgan fingerprint density at radius 2 is 1.12 bits per heavy atom. The van der Waals surface area contributed by atoms with Crippen molar-refractivity contribution in [2.75, 3.05) is 5.32 Å². The standard InChI is InChI=1S/C62H45N5/c1-3-41-34-43(37-47(35-41)67-58-32-14-9-27-52(58)53-28-10-15-33-59(53)67)60-54-39-62(54,44-20-17-22-46(38-44)66-56-30-12-7-25-50(56)51-26-8-13-31-57(51)66)65-61(64-60)42-19-16-21-45(36-42)63-55-29-11-6-24-49(55)48-23-5-4-18-40(48)2/h3-38,54,63H,1,39H2,2H3. The van der Waals surface area contributed by atoms with Gasteiger partial charge >= 0.3 is 0 Å². The molecule has 0 spiro atoms. The maximum Gasteiger partial charge on any atom is 0.155 e. The van der Waals surface area contributed by atoms with Crippen LogP contribution in [0.5, 0.6) is 0 Å². The molecule has 1 aliphatic heterocycles. The van der Waals surface area contributed by atoms with Crippen molar-refractivity contribution in [2.24, 2.45) is 15.9 Å². The minimum absolute atomic E-state index is 0.0676. The number of aromatic nitrogens is 2. The van der Waals surface area contributed by atoms with Crippen LogP contribution in [0.1, 0.15) is 34.2 Å². The van der Waals surface area contributed by atoms with E-state index < -0.39 is 5.54 Å². The number of para-hydroxylation sites is 5. The van der Waals surface area contributed by atoms with E-state index in [4.69, 9.17) is 9.98 Å². The van der Waals surface area contributed by atoms with Crippen LogP contribution in [-0.2, 0) is 5.54 Å². The van der Waals surface area contributed by atoms with Crippen molar-refractivity contribution in [3.8, 4) is 22.5 Å². The minimum atomic E-state index is -0.515. The third-order valence-electron chi connectivity index (χ3n) is 14.0. The maximum atomic E-state index is 5.74. The number of hydrogen-bond donors (Lipinski definition) is 1. The van der Waals surface area contributed by atoms with Crippen LogP contribution in [0.2, 0.25) is 0 Å². The topological polar surface area (TPSA) is 46.6 Å². The lowest BCUT2D eigenvalue weighted by Gasteiger charge is -2.23. The second-order valence-corrected chi connectivity index (χ2v) is 18.0. The van der Waals surface area contributed by atoms with E-state index in [2.05, 4.69) is 240 Å². The van der Waals surface area contributed by atoms with Gasteiger partial charge in [0, 0.05) is 61.3 Å². The zero-order chi connectivity index (χ0) is 44.6. The highest BCUT2D eigenvalue weighted by Crippen LogP contribution is 2.59. The number of nitrogens with zero attached hydrogens (tertiary/aromatic N) is 4. The Morgan fingerprint density at radius 1 is 0.537 bits per heavy atom. The van der Waals surface area contributed by atoms with Crippen molar-refractivity contribution in [1.82, 2.24) is 9.13 Å². The molecule has 2 aliphatic rings. The molecule has 2 atom stereocenters. The molecule has 0 bridgehead atoms. The summed E-state index contributed by atoms with van der Waals surface area (Å²) in [5.74, 6) is 0.794. The lowest BCUT2D eigenvalue weighted by molar-refractivity contribution is 0.701. The molecule has 0 radical (unpaired) electrons. The van der Waals surface area contributed by atoms with Gasteiger partial charge in [-0.25, -0.2) is 4.99 Å². The zero-order valence-electron chi connectivity index (χ0n) is 37.1.